The van der Waals surface area contributed by atoms with Crippen LogP contribution in [-0.4, -0.2) is 64.6 Å². The van der Waals surface area contributed by atoms with Crippen molar-refractivity contribution < 1.29 is 27.5 Å². The normalized spacial score (nSPS) is 18.1. The van der Waals surface area contributed by atoms with Gasteiger partial charge in [-0.15, -0.1) is 12.4 Å². The molecule has 140 valence electrons. The minimum absolute atomic E-state index is 0. The van der Waals surface area contributed by atoms with Gasteiger partial charge in [-0.1, -0.05) is 0 Å². The molecular formula is C15H21ClN2O6S. The van der Waals surface area contributed by atoms with Crippen molar-refractivity contribution >= 4 is 34.4 Å². The Labute approximate surface area is 152 Å². The largest absolute Gasteiger partial charge is 0.465 e. The molecule has 0 amide bonds. The fourth-order valence-corrected chi connectivity index (χ4v) is 4.09. The number of methoxy groups -OCH3 is 2. The topological polar surface area (TPSA) is 102 Å². The second kappa shape index (κ2) is 8.61. The van der Waals surface area contributed by atoms with E-state index in [2.05, 4.69) is 14.8 Å². The molecule has 1 unspecified atom stereocenters. The fourth-order valence-electron chi connectivity index (χ4n) is 2.48. The van der Waals surface area contributed by atoms with E-state index in [1.54, 1.807) is 0 Å². The van der Waals surface area contributed by atoms with E-state index in [1.807, 2.05) is 6.92 Å². The van der Waals surface area contributed by atoms with Crippen molar-refractivity contribution in [3.8, 4) is 0 Å². The summed E-state index contributed by atoms with van der Waals surface area (Å²) in [5, 5.41) is 3.16. The highest BCUT2D eigenvalue weighted by Crippen LogP contribution is 2.22. The second-order valence-corrected chi connectivity index (χ2v) is 7.39. The molecule has 1 saturated heterocycles. The van der Waals surface area contributed by atoms with Crippen LogP contribution in [0.15, 0.2) is 23.1 Å². The number of hydrogen-bond acceptors (Lipinski definition) is 7. The van der Waals surface area contributed by atoms with Gasteiger partial charge in [-0.2, -0.15) is 4.31 Å². The molecule has 1 aromatic rings. The highest BCUT2D eigenvalue weighted by Gasteiger charge is 2.30. The first kappa shape index (κ1) is 21.4. The lowest BCUT2D eigenvalue weighted by Gasteiger charge is -2.31. The van der Waals surface area contributed by atoms with Crippen LogP contribution in [0.5, 0.6) is 0 Å². The van der Waals surface area contributed by atoms with Gasteiger partial charge in [-0.05, 0) is 25.1 Å². The lowest BCUT2D eigenvalue weighted by molar-refractivity contribution is 0.0598. The maximum Gasteiger partial charge on any atom is 0.337 e. The molecule has 0 spiro atoms. The summed E-state index contributed by atoms with van der Waals surface area (Å²) in [7, 11) is -1.49. The monoisotopic (exact) mass is 392 g/mol. The van der Waals surface area contributed by atoms with Crippen LogP contribution in [0.1, 0.15) is 27.6 Å². The number of halogens is 1. The number of esters is 2. The van der Waals surface area contributed by atoms with Gasteiger partial charge in [0.1, 0.15) is 0 Å². The van der Waals surface area contributed by atoms with Gasteiger partial charge in [0.15, 0.2) is 0 Å². The third-order valence-corrected chi connectivity index (χ3v) is 5.56. The van der Waals surface area contributed by atoms with Crippen LogP contribution in [0.4, 0.5) is 0 Å². The molecule has 0 aliphatic carbocycles. The number of rotatable bonds is 4. The minimum atomic E-state index is -3.85. The number of nitrogens with zero attached hydrogens (tertiary/aromatic N) is 1. The standard InChI is InChI=1S/C15H20N2O6S.ClH/c1-10-9-17(5-4-16-10)24(20,21)13-7-11(14(18)22-2)6-12(8-13)15(19)23-3;/h6-8,10,16H,4-5,9H2,1-3H3;1H. The summed E-state index contributed by atoms with van der Waals surface area (Å²) < 4.78 is 36.3. The molecule has 1 fully saturated rings. The second-order valence-electron chi connectivity index (χ2n) is 5.45. The molecule has 0 aromatic heterocycles. The zero-order valence-electron chi connectivity index (χ0n) is 14.1. The van der Waals surface area contributed by atoms with E-state index in [0.717, 1.165) is 0 Å². The quantitative estimate of drug-likeness (QED) is 0.751. The summed E-state index contributed by atoms with van der Waals surface area (Å²) in [6, 6.07) is 3.68. The van der Waals surface area contributed by atoms with E-state index >= 15 is 0 Å². The minimum Gasteiger partial charge on any atom is -0.465 e. The first-order valence-corrected chi connectivity index (χ1v) is 8.79. The van der Waals surface area contributed by atoms with Crippen LogP contribution >= 0.6 is 12.4 Å². The number of piperazine rings is 1. The summed E-state index contributed by atoms with van der Waals surface area (Å²) in [5.74, 6) is -1.46. The Morgan fingerprint density at radius 2 is 1.64 bits per heavy atom. The Morgan fingerprint density at radius 1 is 1.12 bits per heavy atom. The number of sulfonamides is 1. The molecule has 1 aromatic carbocycles. The molecule has 1 N–H and O–H groups in total. The van der Waals surface area contributed by atoms with Crippen molar-refractivity contribution in [3.05, 3.63) is 29.3 Å². The van der Waals surface area contributed by atoms with E-state index in [0.29, 0.717) is 19.6 Å². The SMILES string of the molecule is COC(=O)c1cc(C(=O)OC)cc(S(=O)(=O)N2CCNC(C)C2)c1.Cl. The van der Waals surface area contributed by atoms with Gasteiger partial charge in [-0.3, -0.25) is 0 Å². The molecule has 10 heteroatoms. The van der Waals surface area contributed by atoms with Gasteiger partial charge >= 0.3 is 11.9 Å². The molecule has 8 nitrogen and oxygen atoms in total. The smallest absolute Gasteiger partial charge is 0.337 e. The van der Waals surface area contributed by atoms with E-state index in [1.165, 1.54) is 36.7 Å². The molecule has 1 aliphatic rings. The van der Waals surface area contributed by atoms with Gasteiger partial charge in [0, 0.05) is 25.7 Å². The highest BCUT2D eigenvalue weighted by atomic mass is 35.5. The summed E-state index contributed by atoms with van der Waals surface area (Å²) in [6.07, 6.45) is 0. The maximum atomic E-state index is 12.9. The van der Waals surface area contributed by atoms with E-state index in [4.69, 9.17) is 0 Å². The van der Waals surface area contributed by atoms with Crippen LogP contribution in [0.25, 0.3) is 0 Å². The Kier molecular flexibility index (Phi) is 7.36. The summed E-state index contributed by atoms with van der Waals surface area (Å²) in [6.45, 7) is 3.02. The Balaban J connectivity index is 0.00000312. The van der Waals surface area contributed by atoms with Crippen molar-refractivity contribution in [1.29, 1.82) is 0 Å². The van der Waals surface area contributed by atoms with E-state index in [-0.39, 0.29) is 34.5 Å². The lowest BCUT2D eigenvalue weighted by Crippen LogP contribution is -2.51. The maximum absolute atomic E-state index is 12.9. The first-order chi connectivity index (χ1) is 11.3. The molecule has 0 radical (unpaired) electrons. The van der Waals surface area contributed by atoms with E-state index in [9.17, 15) is 18.0 Å². The lowest BCUT2D eigenvalue weighted by atomic mass is 10.1. The van der Waals surface area contributed by atoms with Crippen LogP contribution in [0, 0.1) is 0 Å². The fraction of sp³-hybridized carbons (Fsp3) is 0.467. The molecule has 0 bridgehead atoms. The van der Waals surface area contributed by atoms with Gasteiger partial charge in [0.05, 0.1) is 30.2 Å². The van der Waals surface area contributed by atoms with Gasteiger partial charge in [0.25, 0.3) is 0 Å². The summed E-state index contributed by atoms with van der Waals surface area (Å²) >= 11 is 0. The molecule has 0 saturated carbocycles. The third kappa shape index (κ3) is 4.69. The van der Waals surface area contributed by atoms with E-state index < -0.39 is 22.0 Å². The highest BCUT2D eigenvalue weighted by molar-refractivity contribution is 7.89. The zero-order chi connectivity index (χ0) is 17.9. The average Bonchev–Trinajstić information content (AvgIpc) is 2.59. The van der Waals surface area contributed by atoms with Gasteiger partial charge in [-0.25, -0.2) is 18.0 Å². The molecule has 1 heterocycles. The Hall–Kier alpha value is -1.68. The van der Waals surface area contributed by atoms with Crippen molar-refractivity contribution in [1.82, 2.24) is 9.62 Å². The molecule has 1 aliphatic heterocycles. The zero-order valence-corrected chi connectivity index (χ0v) is 15.8. The van der Waals surface area contributed by atoms with Crippen molar-refractivity contribution in [2.45, 2.75) is 17.9 Å². The number of carbonyl (C=O) groups excluding carboxylic acids is 2. The van der Waals surface area contributed by atoms with Crippen LogP contribution in [0.3, 0.4) is 0 Å². The molecule has 25 heavy (non-hydrogen) atoms. The van der Waals surface area contributed by atoms with Gasteiger partial charge < -0.3 is 14.8 Å². The predicted molar refractivity (Wildman–Crippen MR) is 92.6 cm³/mol. The summed E-state index contributed by atoms with van der Waals surface area (Å²) in [5.41, 5.74) is -0.0516. The van der Waals surface area contributed by atoms with Crippen LogP contribution in [-0.2, 0) is 19.5 Å². The molecule has 1 atom stereocenters. The third-order valence-electron chi connectivity index (χ3n) is 3.72. The number of nitrogens with one attached hydrogen (secondary N) is 1. The van der Waals surface area contributed by atoms with Crippen molar-refractivity contribution in [2.75, 3.05) is 33.9 Å². The molecular weight excluding hydrogens is 372 g/mol. The predicted octanol–water partition coefficient (Wildman–Crippen LogP) is 0.664. The van der Waals surface area contributed by atoms with Crippen molar-refractivity contribution in [2.24, 2.45) is 0 Å². The van der Waals surface area contributed by atoms with Crippen LogP contribution in [0.2, 0.25) is 0 Å². The van der Waals surface area contributed by atoms with Crippen LogP contribution < -0.4 is 5.32 Å². The number of hydrogen-bond donors (Lipinski definition) is 1. The molecule has 2 rings (SSSR count). The van der Waals surface area contributed by atoms with Gasteiger partial charge in [0.2, 0.25) is 10.0 Å². The number of ether oxygens (including phenoxy) is 2. The average molecular weight is 393 g/mol. The first-order valence-electron chi connectivity index (χ1n) is 7.35. The number of carbonyl (C=O) groups is 2. The Bertz CT molecular complexity index is 718. The van der Waals surface area contributed by atoms with Crippen molar-refractivity contribution in [3.63, 3.8) is 0 Å². The Morgan fingerprint density at radius 3 is 2.08 bits per heavy atom. The number of benzene rings is 1. The summed E-state index contributed by atoms with van der Waals surface area (Å²) in [4.78, 5) is 23.4.